The number of benzene rings is 1. The first-order valence-electron chi connectivity index (χ1n) is 7.19. The van der Waals surface area contributed by atoms with Gasteiger partial charge in [-0.15, -0.1) is 11.6 Å². The molecule has 1 unspecified atom stereocenters. The molecule has 0 heterocycles. The van der Waals surface area contributed by atoms with Crippen LogP contribution in [0.2, 0.25) is 0 Å². The van der Waals surface area contributed by atoms with Crippen LogP contribution in [0.3, 0.4) is 0 Å². The minimum absolute atomic E-state index is 0.131. The van der Waals surface area contributed by atoms with E-state index in [1.807, 2.05) is 0 Å². The number of nitro groups is 1. The van der Waals surface area contributed by atoms with E-state index in [2.05, 4.69) is 0 Å². The van der Waals surface area contributed by atoms with E-state index < -0.39 is 10.3 Å². The number of rotatable bonds is 9. The lowest BCUT2D eigenvalue weighted by molar-refractivity contribution is -0.385. The highest BCUT2D eigenvalue weighted by atomic mass is 35.5. The molecule has 1 aromatic carbocycles. The number of nitro benzene ring substituents is 1. The first-order valence-corrected chi connectivity index (χ1v) is 7.63. The Morgan fingerprint density at radius 1 is 1.39 bits per heavy atom. The van der Waals surface area contributed by atoms with Crippen LogP contribution in [-0.4, -0.2) is 31.2 Å². The van der Waals surface area contributed by atoms with Crippen LogP contribution in [0.4, 0.5) is 5.69 Å². The molecule has 0 spiro atoms. The van der Waals surface area contributed by atoms with E-state index in [4.69, 9.17) is 25.8 Å². The molecule has 1 rings (SSSR count). The van der Waals surface area contributed by atoms with Gasteiger partial charge in [-0.3, -0.25) is 14.9 Å². The van der Waals surface area contributed by atoms with Gasteiger partial charge < -0.3 is 14.2 Å². The van der Waals surface area contributed by atoms with Gasteiger partial charge in [0.2, 0.25) is 0 Å². The van der Waals surface area contributed by atoms with Crippen LogP contribution in [0.25, 0.3) is 0 Å². The van der Waals surface area contributed by atoms with Crippen molar-refractivity contribution in [2.45, 2.75) is 32.1 Å². The molecular weight excluding hydrogens is 326 g/mol. The van der Waals surface area contributed by atoms with E-state index in [1.165, 1.54) is 19.2 Å². The van der Waals surface area contributed by atoms with Crippen molar-refractivity contribution in [2.75, 3.05) is 20.3 Å². The van der Waals surface area contributed by atoms with Crippen LogP contribution >= 0.6 is 11.6 Å². The van der Waals surface area contributed by atoms with Crippen molar-refractivity contribution < 1.29 is 23.9 Å². The summed E-state index contributed by atoms with van der Waals surface area (Å²) in [4.78, 5) is 21.9. The predicted octanol–water partition coefficient (Wildman–Crippen LogP) is 3.63. The Balaban J connectivity index is 2.83. The van der Waals surface area contributed by atoms with E-state index >= 15 is 0 Å². The second-order valence-corrected chi connectivity index (χ2v) is 5.35. The molecular formula is C15H20ClNO6. The molecule has 0 radical (unpaired) electrons. The Hall–Kier alpha value is -2.02. The highest BCUT2D eigenvalue weighted by molar-refractivity contribution is 6.20. The largest absolute Gasteiger partial charge is 0.493 e. The molecule has 0 amide bonds. The Bertz CT molecular complexity index is 561. The molecule has 8 heteroatoms. The molecule has 0 aromatic heterocycles. The van der Waals surface area contributed by atoms with Crippen molar-refractivity contribution in [2.24, 2.45) is 0 Å². The predicted molar refractivity (Wildman–Crippen MR) is 85.3 cm³/mol. The fourth-order valence-corrected chi connectivity index (χ4v) is 2.12. The van der Waals surface area contributed by atoms with E-state index in [0.717, 1.165) is 0 Å². The van der Waals surface area contributed by atoms with Crippen molar-refractivity contribution in [3.63, 3.8) is 0 Å². The van der Waals surface area contributed by atoms with Gasteiger partial charge in [0.1, 0.15) is 0 Å². The van der Waals surface area contributed by atoms with E-state index in [1.54, 1.807) is 13.8 Å². The highest BCUT2D eigenvalue weighted by Crippen LogP contribution is 2.39. The molecule has 0 fully saturated rings. The van der Waals surface area contributed by atoms with Gasteiger partial charge in [0.05, 0.1) is 42.3 Å². The van der Waals surface area contributed by atoms with Gasteiger partial charge in [-0.05, 0) is 26.3 Å². The maximum atomic E-state index is 11.2. The molecule has 0 bridgehead atoms. The second kappa shape index (κ2) is 9.19. The second-order valence-electron chi connectivity index (χ2n) is 4.69. The molecule has 1 aromatic rings. The molecule has 0 aliphatic carbocycles. The monoisotopic (exact) mass is 345 g/mol. The average molecular weight is 346 g/mol. The zero-order valence-corrected chi connectivity index (χ0v) is 14.1. The Morgan fingerprint density at radius 3 is 2.61 bits per heavy atom. The number of esters is 1. The van der Waals surface area contributed by atoms with E-state index in [9.17, 15) is 14.9 Å². The molecule has 128 valence electrons. The summed E-state index contributed by atoms with van der Waals surface area (Å²) in [7, 11) is 1.44. The Morgan fingerprint density at radius 2 is 2.09 bits per heavy atom. The number of nitrogens with zero attached hydrogens (tertiary/aromatic N) is 1. The third kappa shape index (κ3) is 5.59. The average Bonchev–Trinajstić information content (AvgIpc) is 2.50. The molecule has 0 saturated carbocycles. The summed E-state index contributed by atoms with van der Waals surface area (Å²) >= 11 is 5.97. The fourth-order valence-electron chi connectivity index (χ4n) is 1.95. The SMILES string of the molecule is CCOC(=O)CCCOc1cc([N+](=O)[O-])c(C(C)Cl)cc1OC. The summed E-state index contributed by atoms with van der Waals surface area (Å²) in [5.74, 6) is 0.290. The molecule has 0 aliphatic rings. The molecule has 0 saturated heterocycles. The van der Waals surface area contributed by atoms with Crippen LogP contribution in [0, 0.1) is 10.1 Å². The van der Waals surface area contributed by atoms with Crippen LogP contribution in [-0.2, 0) is 9.53 Å². The first-order chi connectivity index (χ1) is 10.9. The zero-order chi connectivity index (χ0) is 17.4. The lowest BCUT2D eigenvalue weighted by Gasteiger charge is -2.13. The topological polar surface area (TPSA) is 87.9 Å². The highest BCUT2D eigenvalue weighted by Gasteiger charge is 2.22. The number of alkyl halides is 1. The van der Waals surface area contributed by atoms with Gasteiger partial charge in [0, 0.05) is 6.42 Å². The molecule has 0 aliphatic heterocycles. The summed E-state index contributed by atoms with van der Waals surface area (Å²) in [6.45, 7) is 3.92. The van der Waals surface area contributed by atoms with Crippen molar-refractivity contribution in [1.82, 2.24) is 0 Å². The van der Waals surface area contributed by atoms with Crippen molar-refractivity contribution in [1.29, 1.82) is 0 Å². The number of methoxy groups -OCH3 is 1. The van der Waals surface area contributed by atoms with Crippen LogP contribution < -0.4 is 9.47 Å². The molecule has 7 nitrogen and oxygen atoms in total. The number of ether oxygens (including phenoxy) is 3. The number of carbonyl (C=O) groups excluding carboxylic acids is 1. The number of halogens is 1. The van der Waals surface area contributed by atoms with E-state index in [0.29, 0.717) is 24.3 Å². The standard InChI is InChI=1S/C15H20ClNO6/c1-4-22-15(18)6-5-7-23-14-9-12(17(19)20)11(10(2)16)8-13(14)21-3/h8-10H,4-7H2,1-3H3. The zero-order valence-electron chi connectivity index (χ0n) is 13.3. The van der Waals surface area contributed by atoms with Crippen molar-refractivity contribution >= 4 is 23.3 Å². The molecule has 0 N–H and O–H groups in total. The minimum Gasteiger partial charge on any atom is -0.493 e. The Kier molecular flexibility index (Phi) is 7.61. The molecule has 1 atom stereocenters. The quantitative estimate of drug-likeness (QED) is 0.223. The van der Waals surface area contributed by atoms with Crippen LogP contribution in [0.15, 0.2) is 12.1 Å². The van der Waals surface area contributed by atoms with E-state index in [-0.39, 0.29) is 30.4 Å². The Labute approximate surface area is 139 Å². The van der Waals surface area contributed by atoms with Crippen molar-refractivity contribution in [3.8, 4) is 11.5 Å². The number of hydrogen-bond donors (Lipinski definition) is 0. The summed E-state index contributed by atoms with van der Waals surface area (Å²) in [6, 6.07) is 2.79. The van der Waals surface area contributed by atoms with Gasteiger partial charge in [-0.25, -0.2) is 0 Å². The summed E-state index contributed by atoms with van der Waals surface area (Å²) in [5.41, 5.74) is 0.223. The first kappa shape index (κ1) is 19.0. The fraction of sp³-hybridized carbons (Fsp3) is 0.533. The van der Waals surface area contributed by atoms with Gasteiger partial charge >= 0.3 is 5.97 Å². The molecule has 23 heavy (non-hydrogen) atoms. The normalized spacial score (nSPS) is 11.7. The van der Waals surface area contributed by atoms with Gasteiger partial charge in [0.15, 0.2) is 11.5 Å². The third-order valence-electron chi connectivity index (χ3n) is 3.03. The maximum absolute atomic E-state index is 11.2. The summed E-state index contributed by atoms with van der Waals surface area (Å²) < 4.78 is 15.5. The lowest BCUT2D eigenvalue weighted by Crippen LogP contribution is -2.07. The summed E-state index contributed by atoms with van der Waals surface area (Å²) in [6.07, 6.45) is 0.651. The smallest absolute Gasteiger partial charge is 0.305 e. The lowest BCUT2D eigenvalue weighted by atomic mass is 10.1. The van der Waals surface area contributed by atoms with Gasteiger partial charge in [0.25, 0.3) is 5.69 Å². The summed E-state index contributed by atoms with van der Waals surface area (Å²) in [5, 5.41) is 10.6. The van der Waals surface area contributed by atoms with Gasteiger partial charge in [-0.2, -0.15) is 0 Å². The minimum atomic E-state index is -0.540. The van der Waals surface area contributed by atoms with Gasteiger partial charge in [-0.1, -0.05) is 0 Å². The maximum Gasteiger partial charge on any atom is 0.305 e. The number of carbonyl (C=O) groups is 1. The number of hydrogen-bond acceptors (Lipinski definition) is 6. The van der Waals surface area contributed by atoms with Crippen LogP contribution in [0.5, 0.6) is 11.5 Å². The third-order valence-corrected chi connectivity index (χ3v) is 3.26. The van der Waals surface area contributed by atoms with Crippen LogP contribution in [0.1, 0.15) is 37.6 Å². The van der Waals surface area contributed by atoms with Crippen molar-refractivity contribution in [3.05, 3.63) is 27.8 Å².